The van der Waals surface area contributed by atoms with Crippen molar-refractivity contribution in [2.24, 2.45) is 0 Å². The summed E-state index contributed by atoms with van der Waals surface area (Å²) < 4.78 is 38.9. The zero-order chi connectivity index (χ0) is 17.0. The van der Waals surface area contributed by atoms with E-state index in [1.54, 1.807) is 24.3 Å². The first kappa shape index (κ1) is 17.5. The molecule has 0 aliphatic heterocycles. The highest BCUT2D eigenvalue weighted by atomic mass is 19.4. The molecule has 0 saturated carbocycles. The lowest BCUT2D eigenvalue weighted by atomic mass is 10.2. The predicted octanol–water partition coefficient (Wildman–Crippen LogP) is 3.79. The maximum absolute atomic E-state index is 13.0. The van der Waals surface area contributed by atoms with E-state index >= 15 is 0 Å². The maximum atomic E-state index is 13.0. The number of aromatic nitrogens is 2. The molecule has 0 aliphatic carbocycles. The normalized spacial score (nSPS) is 13.5. The average Bonchev–Trinajstić information content (AvgIpc) is 2.52. The predicted molar refractivity (Wildman–Crippen MR) is 85.4 cm³/mol. The van der Waals surface area contributed by atoms with E-state index in [0.29, 0.717) is 11.9 Å². The first-order valence-electron chi connectivity index (χ1n) is 7.68. The third kappa shape index (κ3) is 4.10. The second-order valence-electron chi connectivity index (χ2n) is 5.36. The van der Waals surface area contributed by atoms with Crippen LogP contribution >= 0.6 is 0 Å². The number of hydrogen-bond donors (Lipinski definition) is 1. The zero-order valence-corrected chi connectivity index (χ0v) is 13.5. The van der Waals surface area contributed by atoms with Gasteiger partial charge in [-0.15, -0.1) is 0 Å². The van der Waals surface area contributed by atoms with Gasteiger partial charge in [0, 0.05) is 18.0 Å². The van der Waals surface area contributed by atoms with Crippen molar-refractivity contribution in [3.8, 4) is 0 Å². The van der Waals surface area contributed by atoms with Crippen LogP contribution in [0.15, 0.2) is 24.3 Å². The Morgan fingerprint density at radius 2 is 1.78 bits per heavy atom. The number of benzene rings is 1. The van der Waals surface area contributed by atoms with E-state index in [4.69, 9.17) is 0 Å². The lowest BCUT2D eigenvalue weighted by molar-refractivity contribution is -0.144. The molecule has 7 heteroatoms. The fraction of sp³-hybridized carbons (Fsp3) is 0.500. The van der Waals surface area contributed by atoms with Gasteiger partial charge >= 0.3 is 6.18 Å². The lowest BCUT2D eigenvalue weighted by Gasteiger charge is -2.26. The van der Waals surface area contributed by atoms with E-state index in [2.05, 4.69) is 34.0 Å². The molecule has 0 fully saturated rings. The summed E-state index contributed by atoms with van der Waals surface area (Å²) in [6.07, 6.45) is -4.56. The van der Waals surface area contributed by atoms with Crippen LogP contribution in [0.2, 0.25) is 0 Å². The highest BCUT2D eigenvalue weighted by Crippen LogP contribution is 2.30. The summed E-state index contributed by atoms with van der Waals surface area (Å²) in [7, 11) is 0. The largest absolute Gasteiger partial charge is 0.451 e. The summed E-state index contributed by atoms with van der Waals surface area (Å²) in [6, 6.07) is 6.90. The second kappa shape index (κ2) is 7.12. The van der Waals surface area contributed by atoms with Crippen LogP contribution < -0.4 is 5.32 Å². The Morgan fingerprint density at radius 3 is 2.39 bits per heavy atom. The van der Waals surface area contributed by atoms with Crippen molar-refractivity contribution >= 4 is 16.7 Å². The quantitative estimate of drug-likeness (QED) is 0.877. The molecule has 0 radical (unpaired) electrons. The summed E-state index contributed by atoms with van der Waals surface area (Å²) in [5, 5.41) is 3.65. The third-order valence-corrected chi connectivity index (χ3v) is 3.86. The Hall–Kier alpha value is -1.89. The molecule has 4 nitrogen and oxygen atoms in total. The van der Waals surface area contributed by atoms with Crippen molar-refractivity contribution in [3.05, 3.63) is 30.1 Å². The molecule has 0 amide bonds. The molecular formula is C16H21F3N4. The van der Waals surface area contributed by atoms with Crippen molar-refractivity contribution in [2.45, 2.75) is 33.0 Å². The second-order valence-corrected chi connectivity index (χ2v) is 5.36. The molecule has 1 heterocycles. The van der Waals surface area contributed by atoms with Crippen LogP contribution in [0, 0.1) is 0 Å². The molecule has 1 N–H and O–H groups in total. The number of anilines is 1. The van der Waals surface area contributed by atoms with E-state index in [0.717, 1.165) is 13.1 Å². The van der Waals surface area contributed by atoms with E-state index < -0.39 is 12.0 Å². The van der Waals surface area contributed by atoms with E-state index in [1.807, 2.05) is 6.92 Å². The minimum absolute atomic E-state index is 0.188. The van der Waals surface area contributed by atoms with Gasteiger partial charge in [-0.3, -0.25) is 4.90 Å². The van der Waals surface area contributed by atoms with E-state index in [9.17, 15) is 13.2 Å². The van der Waals surface area contributed by atoms with Crippen LogP contribution in [-0.4, -0.2) is 40.5 Å². The van der Waals surface area contributed by atoms with Crippen molar-refractivity contribution in [1.29, 1.82) is 0 Å². The molecule has 1 aromatic heterocycles. The Bertz CT molecular complexity index is 653. The van der Waals surface area contributed by atoms with Crippen LogP contribution in [0.5, 0.6) is 0 Å². The number of nitrogens with zero attached hydrogens (tertiary/aromatic N) is 3. The molecule has 1 atom stereocenters. The Labute approximate surface area is 133 Å². The number of rotatable bonds is 6. The van der Waals surface area contributed by atoms with Gasteiger partial charge in [0.2, 0.25) is 5.82 Å². The minimum atomic E-state index is -4.56. The zero-order valence-electron chi connectivity index (χ0n) is 13.5. The van der Waals surface area contributed by atoms with Gasteiger partial charge in [0.25, 0.3) is 0 Å². The van der Waals surface area contributed by atoms with Gasteiger partial charge in [-0.2, -0.15) is 13.2 Å². The van der Waals surface area contributed by atoms with E-state index in [-0.39, 0.29) is 17.4 Å². The van der Waals surface area contributed by atoms with Crippen LogP contribution in [0.3, 0.4) is 0 Å². The summed E-state index contributed by atoms with van der Waals surface area (Å²) >= 11 is 0. The van der Waals surface area contributed by atoms with Crippen LogP contribution in [0.25, 0.3) is 10.9 Å². The molecule has 1 aromatic carbocycles. The van der Waals surface area contributed by atoms with Gasteiger partial charge < -0.3 is 5.32 Å². The van der Waals surface area contributed by atoms with Gasteiger partial charge in [0.05, 0.1) is 5.52 Å². The number of alkyl halides is 3. The fourth-order valence-corrected chi connectivity index (χ4v) is 2.56. The summed E-state index contributed by atoms with van der Waals surface area (Å²) in [5.74, 6) is -0.892. The number of nitrogens with one attached hydrogen (secondary N) is 1. The van der Waals surface area contributed by atoms with Crippen molar-refractivity contribution in [1.82, 2.24) is 14.9 Å². The monoisotopic (exact) mass is 326 g/mol. The van der Waals surface area contributed by atoms with Crippen LogP contribution in [0.1, 0.15) is 26.6 Å². The minimum Gasteiger partial charge on any atom is -0.368 e. The molecule has 0 aliphatic rings. The molecule has 1 unspecified atom stereocenters. The number of likely N-dealkylation sites (N-methyl/N-ethyl adjacent to an activating group) is 1. The Morgan fingerprint density at radius 1 is 1.13 bits per heavy atom. The number of halogens is 3. The number of hydrogen-bond acceptors (Lipinski definition) is 4. The van der Waals surface area contributed by atoms with E-state index in [1.165, 1.54) is 0 Å². The van der Waals surface area contributed by atoms with Gasteiger partial charge in [0.15, 0.2) is 0 Å². The SMILES string of the molecule is CCN(CC)C(C)CNc1nc(C(F)(F)F)nc2ccccc12. The van der Waals surface area contributed by atoms with Crippen LogP contribution in [0.4, 0.5) is 19.0 Å². The van der Waals surface area contributed by atoms with Gasteiger partial charge in [0.1, 0.15) is 5.82 Å². The standard InChI is InChI=1S/C16H21F3N4/c1-4-23(5-2)11(3)10-20-14-12-8-6-7-9-13(12)21-15(22-14)16(17,18)19/h6-9,11H,4-5,10H2,1-3H3,(H,20,21,22). The third-order valence-electron chi connectivity index (χ3n) is 3.86. The van der Waals surface area contributed by atoms with Gasteiger partial charge in [-0.25, -0.2) is 9.97 Å². The summed E-state index contributed by atoms with van der Waals surface area (Å²) in [5.41, 5.74) is 0.285. The average molecular weight is 326 g/mol. The topological polar surface area (TPSA) is 41.0 Å². The molecule has 0 saturated heterocycles. The Balaban J connectivity index is 2.31. The molecule has 23 heavy (non-hydrogen) atoms. The molecule has 0 spiro atoms. The lowest BCUT2D eigenvalue weighted by Crippen LogP contribution is -2.37. The summed E-state index contributed by atoms with van der Waals surface area (Å²) in [6.45, 7) is 8.44. The summed E-state index contributed by atoms with van der Waals surface area (Å²) in [4.78, 5) is 9.53. The fourth-order valence-electron chi connectivity index (χ4n) is 2.56. The van der Waals surface area contributed by atoms with Crippen LogP contribution in [-0.2, 0) is 6.18 Å². The van der Waals surface area contributed by atoms with Crippen molar-refractivity contribution < 1.29 is 13.2 Å². The highest BCUT2D eigenvalue weighted by Gasteiger charge is 2.35. The van der Waals surface area contributed by atoms with Crippen molar-refractivity contribution in [2.75, 3.05) is 25.0 Å². The molecule has 0 bridgehead atoms. The smallest absolute Gasteiger partial charge is 0.368 e. The maximum Gasteiger partial charge on any atom is 0.451 e. The number of para-hydroxylation sites is 1. The molecular weight excluding hydrogens is 305 g/mol. The molecule has 2 aromatic rings. The highest BCUT2D eigenvalue weighted by molar-refractivity contribution is 5.89. The number of fused-ring (bicyclic) bond motifs is 1. The Kier molecular flexibility index (Phi) is 5.41. The first-order chi connectivity index (χ1) is 10.9. The van der Waals surface area contributed by atoms with Gasteiger partial charge in [-0.1, -0.05) is 26.0 Å². The first-order valence-corrected chi connectivity index (χ1v) is 7.68. The van der Waals surface area contributed by atoms with Crippen molar-refractivity contribution in [3.63, 3.8) is 0 Å². The van der Waals surface area contributed by atoms with Gasteiger partial charge in [-0.05, 0) is 32.1 Å². The molecule has 126 valence electrons. The molecule has 2 rings (SSSR count).